The third kappa shape index (κ3) is 5.89. The topological polar surface area (TPSA) is 32.6 Å². The van der Waals surface area contributed by atoms with Gasteiger partial charge in [-0.05, 0) is 25.2 Å². The predicted molar refractivity (Wildman–Crippen MR) is 48.2 cm³/mol. The molecule has 0 fully saturated rings. The smallest absolute Gasteiger partial charge is 0.0570 e. The van der Waals surface area contributed by atoms with Crippen molar-refractivity contribution in [2.24, 2.45) is 11.1 Å². The van der Waals surface area contributed by atoms with Crippen molar-refractivity contribution in [3.05, 3.63) is 0 Å². The zero-order valence-corrected chi connectivity index (χ0v) is 7.80. The summed E-state index contributed by atoms with van der Waals surface area (Å²) in [5.41, 5.74) is 0.946. The van der Waals surface area contributed by atoms with Crippen LogP contribution in [0.25, 0.3) is 0 Å². The number of rotatable bonds is 5. The van der Waals surface area contributed by atoms with Crippen LogP contribution in [0.15, 0.2) is 5.16 Å². The summed E-state index contributed by atoms with van der Waals surface area (Å²) in [5, 5.41) is 11.8. The minimum absolute atomic E-state index is 0.698. The van der Waals surface area contributed by atoms with Crippen molar-refractivity contribution in [2.45, 2.75) is 46.5 Å². The lowest BCUT2D eigenvalue weighted by Crippen LogP contribution is -2.00. The summed E-state index contributed by atoms with van der Waals surface area (Å²) in [6, 6.07) is 0. The van der Waals surface area contributed by atoms with Crippen LogP contribution in [0.2, 0.25) is 0 Å². The van der Waals surface area contributed by atoms with Crippen molar-refractivity contribution in [3.63, 3.8) is 0 Å². The Morgan fingerprint density at radius 2 is 2.00 bits per heavy atom. The van der Waals surface area contributed by atoms with Crippen molar-refractivity contribution in [3.8, 4) is 0 Å². The standard InChI is InChI=1S/C9H19NO/c1-4-5-9(10-11)7-6-8(2)3/h8,11H,4-7H2,1-3H3. The van der Waals surface area contributed by atoms with Gasteiger partial charge in [0, 0.05) is 0 Å². The molecule has 0 unspecified atom stereocenters. The third-order valence-corrected chi connectivity index (χ3v) is 1.69. The Bertz CT molecular complexity index is 119. The third-order valence-electron chi connectivity index (χ3n) is 1.69. The van der Waals surface area contributed by atoms with E-state index in [2.05, 4.69) is 25.9 Å². The Morgan fingerprint density at radius 1 is 1.36 bits per heavy atom. The second-order valence-corrected chi connectivity index (χ2v) is 3.35. The second-order valence-electron chi connectivity index (χ2n) is 3.35. The number of hydrogen-bond donors (Lipinski definition) is 1. The summed E-state index contributed by atoms with van der Waals surface area (Å²) in [5.74, 6) is 0.698. The van der Waals surface area contributed by atoms with Gasteiger partial charge in [-0.3, -0.25) is 0 Å². The highest BCUT2D eigenvalue weighted by Gasteiger charge is 2.00. The van der Waals surface area contributed by atoms with Crippen LogP contribution >= 0.6 is 0 Å². The summed E-state index contributed by atoms with van der Waals surface area (Å²) in [7, 11) is 0. The molecule has 0 heterocycles. The quantitative estimate of drug-likeness (QED) is 0.371. The van der Waals surface area contributed by atoms with Crippen molar-refractivity contribution < 1.29 is 5.21 Å². The lowest BCUT2D eigenvalue weighted by molar-refractivity contribution is 0.315. The van der Waals surface area contributed by atoms with E-state index in [1.807, 2.05) is 0 Å². The predicted octanol–water partition coefficient (Wildman–Crippen LogP) is 3.05. The van der Waals surface area contributed by atoms with E-state index < -0.39 is 0 Å². The Morgan fingerprint density at radius 3 is 2.36 bits per heavy atom. The number of hydrogen-bond acceptors (Lipinski definition) is 2. The highest BCUT2D eigenvalue weighted by Crippen LogP contribution is 2.07. The molecule has 0 atom stereocenters. The fourth-order valence-corrected chi connectivity index (χ4v) is 0.969. The maximum absolute atomic E-state index is 8.56. The molecule has 0 saturated carbocycles. The monoisotopic (exact) mass is 157 g/mol. The average Bonchev–Trinajstić information content (AvgIpc) is 1.97. The lowest BCUT2D eigenvalue weighted by atomic mass is 10.0. The van der Waals surface area contributed by atoms with Gasteiger partial charge in [0.15, 0.2) is 0 Å². The van der Waals surface area contributed by atoms with Gasteiger partial charge >= 0.3 is 0 Å². The molecule has 2 heteroatoms. The van der Waals surface area contributed by atoms with Gasteiger partial charge in [-0.15, -0.1) is 0 Å². The summed E-state index contributed by atoms with van der Waals surface area (Å²) in [4.78, 5) is 0. The largest absolute Gasteiger partial charge is 0.411 e. The summed E-state index contributed by atoms with van der Waals surface area (Å²) in [6.45, 7) is 6.46. The summed E-state index contributed by atoms with van der Waals surface area (Å²) in [6.07, 6.45) is 4.07. The van der Waals surface area contributed by atoms with Crippen LogP contribution in [-0.4, -0.2) is 10.9 Å². The first kappa shape index (κ1) is 10.5. The van der Waals surface area contributed by atoms with Gasteiger partial charge in [-0.25, -0.2) is 0 Å². The van der Waals surface area contributed by atoms with E-state index in [1.165, 1.54) is 0 Å². The summed E-state index contributed by atoms with van der Waals surface area (Å²) < 4.78 is 0. The van der Waals surface area contributed by atoms with Crippen LogP contribution in [0.1, 0.15) is 46.5 Å². The van der Waals surface area contributed by atoms with Crippen molar-refractivity contribution in [2.75, 3.05) is 0 Å². The van der Waals surface area contributed by atoms with E-state index >= 15 is 0 Å². The van der Waals surface area contributed by atoms with Crippen LogP contribution in [-0.2, 0) is 0 Å². The first-order valence-electron chi connectivity index (χ1n) is 4.40. The number of oxime groups is 1. The molecular weight excluding hydrogens is 138 g/mol. The molecular formula is C9H19NO. The molecule has 0 saturated heterocycles. The Balaban J connectivity index is 3.53. The highest BCUT2D eigenvalue weighted by atomic mass is 16.4. The average molecular weight is 157 g/mol. The molecule has 11 heavy (non-hydrogen) atoms. The van der Waals surface area contributed by atoms with E-state index in [0.29, 0.717) is 5.92 Å². The van der Waals surface area contributed by atoms with Gasteiger partial charge < -0.3 is 5.21 Å². The molecule has 0 aliphatic heterocycles. The van der Waals surface area contributed by atoms with E-state index in [0.717, 1.165) is 31.4 Å². The molecule has 0 aromatic rings. The van der Waals surface area contributed by atoms with E-state index in [4.69, 9.17) is 5.21 Å². The Kier molecular flexibility index (Phi) is 5.90. The van der Waals surface area contributed by atoms with Gasteiger partial charge in [0.2, 0.25) is 0 Å². The maximum atomic E-state index is 8.56. The zero-order chi connectivity index (χ0) is 8.69. The molecule has 0 aliphatic rings. The molecule has 1 N–H and O–H groups in total. The van der Waals surface area contributed by atoms with Crippen molar-refractivity contribution in [1.29, 1.82) is 0 Å². The van der Waals surface area contributed by atoms with Gasteiger partial charge in [0.1, 0.15) is 0 Å². The molecule has 0 aliphatic carbocycles. The lowest BCUT2D eigenvalue weighted by Gasteiger charge is -2.04. The van der Waals surface area contributed by atoms with Crippen LogP contribution in [0, 0.1) is 5.92 Å². The molecule has 0 rings (SSSR count). The summed E-state index contributed by atoms with van der Waals surface area (Å²) >= 11 is 0. The highest BCUT2D eigenvalue weighted by molar-refractivity contribution is 5.83. The second kappa shape index (κ2) is 6.20. The first-order chi connectivity index (χ1) is 5.20. The Labute approximate surface area is 69.3 Å². The van der Waals surface area contributed by atoms with Crippen molar-refractivity contribution >= 4 is 5.71 Å². The van der Waals surface area contributed by atoms with Crippen molar-refractivity contribution in [1.82, 2.24) is 0 Å². The minimum atomic E-state index is 0.698. The first-order valence-corrected chi connectivity index (χ1v) is 4.40. The molecule has 0 spiro atoms. The van der Waals surface area contributed by atoms with Crippen LogP contribution in [0.3, 0.4) is 0 Å². The SMILES string of the molecule is CCCC(CCC(C)C)=NO. The molecule has 0 radical (unpaired) electrons. The molecule has 0 aromatic carbocycles. The van der Waals surface area contributed by atoms with Gasteiger partial charge in [0.05, 0.1) is 5.71 Å². The normalized spacial score (nSPS) is 12.5. The van der Waals surface area contributed by atoms with E-state index in [-0.39, 0.29) is 0 Å². The molecule has 0 amide bonds. The fraction of sp³-hybridized carbons (Fsp3) is 0.889. The Hall–Kier alpha value is -0.530. The van der Waals surface area contributed by atoms with E-state index in [1.54, 1.807) is 0 Å². The molecule has 0 bridgehead atoms. The maximum Gasteiger partial charge on any atom is 0.0570 e. The van der Waals surface area contributed by atoms with Crippen LogP contribution < -0.4 is 0 Å². The van der Waals surface area contributed by atoms with Gasteiger partial charge in [0.25, 0.3) is 0 Å². The van der Waals surface area contributed by atoms with Crippen LogP contribution in [0.5, 0.6) is 0 Å². The molecule has 0 aromatic heterocycles. The fourth-order valence-electron chi connectivity index (χ4n) is 0.969. The minimum Gasteiger partial charge on any atom is -0.411 e. The van der Waals surface area contributed by atoms with Crippen LogP contribution in [0.4, 0.5) is 0 Å². The molecule has 2 nitrogen and oxygen atoms in total. The van der Waals surface area contributed by atoms with Gasteiger partial charge in [-0.2, -0.15) is 0 Å². The number of nitrogens with zero attached hydrogens (tertiary/aromatic N) is 1. The zero-order valence-electron chi connectivity index (χ0n) is 7.80. The van der Waals surface area contributed by atoms with E-state index in [9.17, 15) is 0 Å². The van der Waals surface area contributed by atoms with Gasteiger partial charge in [-0.1, -0.05) is 32.3 Å². The molecule has 66 valence electrons.